The lowest BCUT2D eigenvalue weighted by Gasteiger charge is -1.98. The molecule has 1 heterocycles. The van der Waals surface area contributed by atoms with E-state index < -0.39 is 5.97 Å². The van der Waals surface area contributed by atoms with Gasteiger partial charge in [-0.2, -0.15) is 0 Å². The second kappa shape index (κ2) is 4.87. The normalized spacial score (nSPS) is 11.4. The fraction of sp³-hybridized carbons (Fsp3) is 0.214. The molecule has 2 N–H and O–H groups in total. The van der Waals surface area contributed by atoms with E-state index in [-0.39, 0.29) is 0 Å². The van der Waals surface area contributed by atoms with Gasteiger partial charge in [0.25, 0.3) is 0 Å². The molecule has 2 rings (SSSR count). The van der Waals surface area contributed by atoms with E-state index in [1.807, 2.05) is 12.1 Å². The zero-order chi connectivity index (χ0) is 12.3. The van der Waals surface area contributed by atoms with Gasteiger partial charge in [-0.1, -0.05) is 24.3 Å². The van der Waals surface area contributed by atoms with Gasteiger partial charge in [0.15, 0.2) is 0 Å². The van der Waals surface area contributed by atoms with Gasteiger partial charge in [-0.25, -0.2) is 4.79 Å². The van der Waals surface area contributed by atoms with Crippen molar-refractivity contribution in [3.8, 4) is 0 Å². The molecule has 17 heavy (non-hydrogen) atoms. The maximum Gasteiger partial charge on any atom is 0.327 e. The molecule has 1 aromatic heterocycles. The van der Waals surface area contributed by atoms with Crippen LogP contribution in [0, 0.1) is 6.92 Å². The number of hydrogen-bond donors (Lipinski definition) is 2. The Morgan fingerprint density at radius 1 is 1.41 bits per heavy atom. The summed E-state index contributed by atoms with van der Waals surface area (Å²) in [4.78, 5) is 13.7. The van der Waals surface area contributed by atoms with E-state index in [1.165, 1.54) is 17.0 Å². The van der Waals surface area contributed by atoms with Crippen molar-refractivity contribution in [3.63, 3.8) is 0 Å². The van der Waals surface area contributed by atoms with Crippen molar-refractivity contribution in [2.75, 3.05) is 0 Å². The van der Waals surface area contributed by atoms with Crippen LogP contribution in [0.2, 0.25) is 0 Å². The quantitative estimate of drug-likeness (QED) is 0.792. The molecule has 1 aromatic carbocycles. The third-order valence-corrected chi connectivity index (χ3v) is 2.85. The summed E-state index contributed by atoms with van der Waals surface area (Å²) in [5, 5.41) is 9.73. The Morgan fingerprint density at radius 2 is 2.18 bits per heavy atom. The third kappa shape index (κ3) is 2.56. The Morgan fingerprint density at radius 3 is 2.94 bits per heavy atom. The van der Waals surface area contributed by atoms with Gasteiger partial charge in [0, 0.05) is 22.7 Å². The van der Waals surface area contributed by atoms with Crippen molar-refractivity contribution in [2.24, 2.45) is 0 Å². The van der Waals surface area contributed by atoms with Crippen LogP contribution in [0.1, 0.15) is 17.7 Å². The maximum absolute atomic E-state index is 10.3. The number of fused-ring (bicyclic) bond motifs is 1. The summed E-state index contributed by atoms with van der Waals surface area (Å²) < 4.78 is 0. The van der Waals surface area contributed by atoms with Crippen LogP contribution in [0.15, 0.2) is 36.4 Å². The number of H-pyrrole nitrogens is 1. The summed E-state index contributed by atoms with van der Waals surface area (Å²) >= 11 is 0. The van der Waals surface area contributed by atoms with Crippen LogP contribution in [0.25, 0.3) is 10.9 Å². The molecular weight excluding hydrogens is 214 g/mol. The monoisotopic (exact) mass is 229 g/mol. The van der Waals surface area contributed by atoms with Crippen molar-refractivity contribution in [1.29, 1.82) is 0 Å². The SMILES string of the molecule is Cc1[nH]c2ccccc2c1CC/C=C/C(=O)O. The average Bonchev–Trinajstić information content (AvgIpc) is 2.60. The third-order valence-electron chi connectivity index (χ3n) is 2.85. The van der Waals surface area contributed by atoms with Crippen molar-refractivity contribution >= 4 is 16.9 Å². The number of aromatic amines is 1. The zero-order valence-electron chi connectivity index (χ0n) is 9.73. The first-order chi connectivity index (χ1) is 8.18. The van der Waals surface area contributed by atoms with Gasteiger partial charge < -0.3 is 10.1 Å². The van der Waals surface area contributed by atoms with Gasteiger partial charge in [0.05, 0.1) is 0 Å². The number of carboxylic acids is 1. The topological polar surface area (TPSA) is 53.1 Å². The zero-order valence-corrected chi connectivity index (χ0v) is 9.73. The predicted octanol–water partition coefficient (Wildman–Crippen LogP) is 3.05. The van der Waals surface area contributed by atoms with Crippen molar-refractivity contribution in [1.82, 2.24) is 4.98 Å². The molecule has 0 fully saturated rings. The van der Waals surface area contributed by atoms with Crippen molar-refractivity contribution in [2.45, 2.75) is 19.8 Å². The molecule has 0 spiro atoms. The van der Waals surface area contributed by atoms with E-state index in [1.54, 1.807) is 6.08 Å². The number of carboxylic acid groups (broad SMARTS) is 1. The van der Waals surface area contributed by atoms with E-state index in [0.717, 1.165) is 24.1 Å². The van der Waals surface area contributed by atoms with E-state index in [9.17, 15) is 4.79 Å². The van der Waals surface area contributed by atoms with Gasteiger partial charge in [-0.05, 0) is 31.4 Å². The van der Waals surface area contributed by atoms with Crippen molar-refractivity contribution < 1.29 is 9.90 Å². The molecular formula is C14H15NO2. The fourth-order valence-electron chi connectivity index (χ4n) is 2.07. The average molecular weight is 229 g/mol. The van der Waals surface area contributed by atoms with Gasteiger partial charge in [-0.3, -0.25) is 0 Å². The highest BCUT2D eigenvalue weighted by Gasteiger charge is 2.06. The summed E-state index contributed by atoms with van der Waals surface area (Å²) in [6, 6.07) is 8.17. The molecule has 88 valence electrons. The summed E-state index contributed by atoms with van der Waals surface area (Å²) in [5.41, 5.74) is 3.58. The smallest absolute Gasteiger partial charge is 0.327 e. The Labute approximate surface area is 99.8 Å². The number of benzene rings is 1. The minimum atomic E-state index is -0.888. The molecule has 0 aliphatic rings. The van der Waals surface area contributed by atoms with Crippen LogP contribution in [0.5, 0.6) is 0 Å². The van der Waals surface area contributed by atoms with Crippen LogP contribution >= 0.6 is 0 Å². The van der Waals surface area contributed by atoms with E-state index in [2.05, 4.69) is 24.0 Å². The molecule has 0 radical (unpaired) electrons. The van der Waals surface area contributed by atoms with Crippen molar-refractivity contribution in [3.05, 3.63) is 47.7 Å². The minimum absolute atomic E-state index is 0.745. The number of aryl methyl sites for hydroxylation is 2. The molecule has 0 unspecified atom stereocenters. The molecule has 3 nitrogen and oxygen atoms in total. The highest BCUT2D eigenvalue weighted by atomic mass is 16.4. The number of carbonyl (C=O) groups is 1. The van der Waals surface area contributed by atoms with Crippen LogP contribution in [0.4, 0.5) is 0 Å². The lowest BCUT2D eigenvalue weighted by atomic mass is 10.1. The number of allylic oxidation sites excluding steroid dienone is 1. The molecule has 0 atom stereocenters. The first kappa shape index (κ1) is 11.5. The van der Waals surface area contributed by atoms with Crippen LogP contribution in [-0.2, 0) is 11.2 Å². The molecule has 0 bridgehead atoms. The Hall–Kier alpha value is -2.03. The summed E-state index contributed by atoms with van der Waals surface area (Å²) in [6.45, 7) is 2.05. The van der Waals surface area contributed by atoms with Crippen LogP contribution in [0.3, 0.4) is 0 Å². The Kier molecular flexibility index (Phi) is 3.28. The van der Waals surface area contributed by atoms with Crippen LogP contribution < -0.4 is 0 Å². The number of rotatable bonds is 4. The molecule has 0 amide bonds. The van der Waals surface area contributed by atoms with Crippen LogP contribution in [-0.4, -0.2) is 16.1 Å². The van der Waals surface area contributed by atoms with E-state index in [0.29, 0.717) is 0 Å². The Balaban J connectivity index is 2.18. The molecule has 0 saturated carbocycles. The van der Waals surface area contributed by atoms with Gasteiger partial charge in [-0.15, -0.1) is 0 Å². The van der Waals surface area contributed by atoms with Gasteiger partial charge in [0.2, 0.25) is 0 Å². The number of para-hydroxylation sites is 1. The minimum Gasteiger partial charge on any atom is -0.478 e. The highest BCUT2D eigenvalue weighted by Crippen LogP contribution is 2.23. The Bertz CT molecular complexity index is 567. The predicted molar refractivity (Wildman–Crippen MR) is 68.1 cm³/mol. The lowest BCUT2D eigenvalue weighted by Crippen LogP contribution is -1.88. The number of nitrogens with one attached hydrogen (secondary N) is 1. The molecule has 0 aliphatic heterocycles. The molecule has 2 aromatic rings. The summed E-state index contributed by atoms with van der Waals surface area (Å²) in [6.07, 6.45) is 4.50. The first-order valence-corrected chi connectivity index (χ1v) is 5.64. The largest absolute Gasteiger partial charge is 0.478 e. The highest BCUT2D eigenvalue weighted by molar-refractivity contribution is 5.84. The fourth-order valence-corrected chi connectivity index (χ4v) is 2.07. The lowest BCUT2D eigenvalue weighted by molar-refractivity contribution is -0.131. The molecule has 3 heteroatoms. The van der Waals surface area contributed by atoms with E-state index >= 15 is 0 Å². The second-order valence-electron chi connectivity index (χ2n) is 4.05. The number of aromatic nitrogens is 1. The molecule has 0 aliphatic carbocycles. The first-order valence-electron chi connectivity index (χ1n) is 5.64. The second-order valence-corrected chi connectivity index (χ2v) is 4.05. The molecule has 0 saturated heterocycles. The van der Waals surface area contributed by atoms with Gasteiger partial charge in [0.1, 0.15) is 0 Å². The maximum atomic E-state index is 10.3. The summed E-state index contributed by atoms with van der Waals surface area (Å²) in [7, 11) is 0. The van der Waals surface area contributed by atoms with E-state index in [4.69, 9.17) is 5.11 Å². The van der Waals surface area contributed by atoms with Gasteiger partial charge >= 0.3 is 5.97 Å². The summed E-state index contributed by atoms with van der Waals surface area (Å²) in [5.74, 6) is -0.888. The number of aliphatic carboxylic acids is 1. The standard InChI is InChI=1S/C14H15NO2/c1-10-11(6-3-5-9-14(16)17)12-7-2-4-8-13(12)15-10/h2,4-5,7-9,15H,3,6H2,1H3,(H,16,17)/b9-5+. The number of hydrogen-bond acceptors (Lipinski definition) is 1.